The summed E-state index contributed by atoms with van der Waals surface area (Å²) >= 11 is 5.37. The van der Waals surface area contributed by atoms with Crippen molar-refractivity contribution in [3.8, 4) is 0 Å². The second kappa shape index (κ2) is 8.95. The Kier molecular flexibility index (Phi) is 8.35. The van der Waals surface area contributed by atoms with Gasteiger partial charge in [-0.25, -0.2) is 0 Å². The number of hydrogen-bond acceptors (Lipinski definition) is 4. The van der Waals surface area contributed by atoms with Crippen LogP contribution in [0, 0.1) is 0 Å². The molecule has 6 nitrogen and oxygen atoms in total. The molecule has 1 aliphatic heterocycles. The van der Waals surface area contributed by atoms with Crippen LogP contribution in [0.5, 0.6) is 0 Å². The minimum Gasteiger partial charge on any atom is -0.481 e. The number of hydrogen-bond donors (Lipinski definition) is 2. The fourth-order valence-electron chi connectivity index (χ4n) is 1.11. The Labute approximate surface area is 104 Å². The molecule has 0 unspecified atom stereocenters. The third-order valence-corrected chi connectivity index (χ3v) is 2.32. The molecule has 0 aromatic heterocycles. The van der Waals surface area contributed by atoms with Gasteiger partial charge in [-0.15, -0.1) is 11.6 Å². The number of carboxylic acid groups (broad SMARTS) is 1. The molecule has 1 heterocycles. The zero-order valence-corrected chi connectivity index (χ0v) is 10.2. The molecule has 1 fully saturated rings. The van der Waals surface area contributed by atoms with Crippen LogP contribution < -0.4 is 0 Å². The first-order chi connectivity index (χ1) is 7.99. The van der Waals surface area contributed by atoms with Crippen molar-refractivity contribution in [1.29, 1.82) is 0 Å². The van der Waals surface area contributed by atoms with Gasteiger partial charge in [0.05, 0.1) is 0 Å². The van der Waals surface area contributed by atoms with E-state index in [-0.39, 0.29) is 24.3 Å². The van der Waals surface area contributed by atoms with Gasteiger partial charge in [-0.2, -0.15) is 5.06 Å². The third kappa shape index (κ3) is 7.70. The van der Waals surface area contributed by atoms with Crippen molar-refractivity contribution in [1.82, 2.24) is 5.06 Å². The highest BCUT2D eigenvalue weighted by Gasteiger charge is 2.26. The maximum Gasteiger partial charge on any atom is 0.303 e. The van der Waals surface area contributed by atoms with E-state index in [1.807, 2.05) is 0 Å². The van der Waals surface area contributed by atoms with E-state index in [0.717, 1.165) is 19.3 Å². The van der Waals surface area contributed by atoms with Gasteiger partial charge in [0.15, 0.2) is 0 Å². The molecule has 0 spiro atoms. The molecule has 0 saturated carbocycles. The van der Waals surface area contributed by atoms with Crippen molar-refractivity contribution in [2.45, 2.75) is 38.5 Å². The van der Waals surface area contributed by atoms with E-state index in [4.69, 9.17) is 21.9 Å². The Morgan fingerprint density at radius 3 is 2.00 bits per heavy atom. The Morgan fingerprint density at radius 1 is 1.18 bits per heavy atom. The van der Waals surface area contributed by atoms with E-state index in [1.165, 1.54) is 0 Å². The summed E-state index contributed by atoms with van der Waals surface area (Å²) in [7, 11) is 0. The molecule has 98 valence electrons. The SMILES string of the molecule is O=C(O)CCCCCCl.O=C1CCC(=O)N1O. The number of carbonyl (C=O) groups excluding carboxylic acids is 2. The molecule has 0 aromatic rings. The van der Waals surface area contributed by atoms with Gasteiger partial charge in [0.2, 0.25) is 0 Å². The lowest BCUT2D eigenvalue weighted by molar-refractivity contribution is -0.171. The molecule has 0 atom stereocenters. The van der Waals surface area contributed by atoms with Crippen molar-refractivity contribution in [2.24, 2.45) is 0 Å². The summed E-state index contributed by atoms with van der Waals surface area (Å²) in [4.78, 5) is 30.4. The highest BCUT2D eigenvalue weighted by atomic mass is 35.5. The van der Waals surface area contributed by atoms with Gasteiger partial charge < -0.3 is 5.11 Å². The first-order valence-corrected chi connectivity index (χ1v) is 5.85. The van der Waals surface area contributed by atoms with Crippen LogP contribution in [0.25, 0.3) is 0 Å². The van der Waals surface area contributed by atoms with E-state index in [0.29, 0.717) is 5.88 Å². The second-order valence-corrected chi connectivity index (χ2v) is 3.87. The lowest BCUT2D eigenvalue weighted by Gasteiger charge is -1.98. The van der Waals surface area contributed by atoms with Gasteiger partial charge in [0.25, 0.3) is 11.8 Å². The molecule has 0 aliphatic carbocycles. The Bertz CT molecular complexity index is 266. The van der Waals surface area contributed by atoms with E-state index in [1.54, 1.807) is 0 Å². The van der Waals surface area contributed by atoms with E-state index in [9.17, 15) is 14.4 Å². The van der Waals surface area contributed by atoms with Gasteiger partial charge in [-0.1, -0.05) is 6.42 Å². The van der Waals surface area contributed by atoms with Crippen LogP contribution >= 0.6 is 11.6 Å². The molecule has 1 rings (SSSR count). The second-order valence-electron chi connectivity index (χ2n) is 3.49. The summed E-state index contributed by atoms with van der Waals surface area (Å²) in [5.41, 5.74) is 0. The number of halogens is 1. The highest BCUT2D eigenvalue weighted by Crippen LogP contribution is 2.07. The van der Waals surface area contributed by atoms with Crippen molar-refractivity contribution in [3.63, 3.8) is 0 Å². The topological polar surface area (TPSA) is 94.9 Å². The summed E-state index contributed by atoms with van der Waals surface area (Å²) < 4.78 is 0. The number of imide groups is 1. The minimum absolute atomic E-state index is 0.148. The smallest absolute Gasteiger partial charge is 0.303 e. The van der Waals surface area contributed by atoms with Crippen molar-refractivity contribution in [3.05, 3.63) is 0 Å². The van der Waals surface area contributed by atoms with Gasteiger partial charge in [0, 0.05) is 25.1 Å². The maximum absolute atomic E-state index is 10.2. The highest BCUT2D eigenvalue weighted by molar-refractivity contribution is 6.17. The molecule has 2 N–H and O–H groups in total. The number of carboxylic acids is 1. The fraction of sp³-hybridized carbons (Fsp3) is 0.700. The molecule has 17 heavy (non-hydrogen) atoms. The molecule has 0 aromatic carbocycles. The quantitative estimate of drug-likeness (QED) is 0.339. The van der Waals surface area contributed by atoms with Crippen molar-refractivity contribution in [2.75, 3.05) is 5.88 Å². The number of aliphatic carboxylic acids is 1. The van der Waals surface area contributed by atoms with Crippen LogP contribution in [0.15, 0.2) is 0 Å². The van der Waals surface area contributed by atoms with Crippen LogP contribution in [0.1, 0.15) is 38.5 Å². The first kappa shape index (κ1) is 15.9. The number of rotatable bonds is 5. The van der Waals surface area contributed by atoms with Crippen LogP contribution in [-0.4, -0.2) is 39.0 Å². The van der Waals surface area contributed by atoms with Crippen molar-refractivity contribution >= 4 is 29.4 Å². The van der Waals surface area contributed by atoms with Gasteiger partial charge >= 0.3 is 5.97 Å². The van der Waals surface area contributed by atoms with Crippen LogP contribution in [0.3, 0.4) is 0 Å². The maximum atomic E-state index is 10.2. The zero-order chi connectivity index (χ0) is 13.3. The molecular formula is C10H16ClNO5. The van der Waals surface area contributed by atoms with Crippen LogP contribution in [0.4, 0.5) is 0 Å². The van der Waals surface area contributed by atoms with E-state index < -0.39 is 17.8 Å². The standard InChI is InChI=1S/C6H11ClO2.C4H5NO3/c7-5-3-1-2-4-6(8)9;6-3-1-2-4(7)5(3)8/h1-5H2,(H,8,9);8H,1-2H2. The molecule has 0 radical (unpaired) electrons. The Morgan fingerprint density at radius 2 is 1.71 bits per heavy atom. The summed E-state index contributed by atoms with van der Waals surface area (Å²) in [6.07, 6.45) is 3.17. The fourth-order valence-corrected chi connectivity index (χ4v) is 1.30. The molecule has 1 aliphatic rings. The van der Waals surface area contributed by atoms with Crippen LogP contribution in [0.2, 0.25) is 0 Å². The first-order valence-electron chi connectivity index (χ1n) is 5.31. The summed E-state index contributed by atoms with van der Waals surface area (Å²) in [6, 6.07) is 0. The number of hydroxylamine groups is 2. The summed E-state index contributed by atoms with van der Waals surface area (Å²) in [6.45, 7) is 0. The minimum atomic E-state index is -0.718. The lowest BCUT2D eigenvalue weighted by Crippen LogP contribution is -2.24. The molecule has 1 saturated heterocycles. The predicted octanol–water partition coefficient (Wildman–Crippen LogP) is 1.39. The molecule has 2 amide bonds. The van der Waals surface area contributed by atoms with Crippen LogP contribution in [-0.2, 0) is 14.4 Å². The molecular weight excluding hydrogens is 250 g/mol. The average Bonchev–Trinajstić information content (AvgIpc) is 2.57. The number of amides is 2. The van der Waals surface area contributed by atoms with Gasteiger partial charge in [-0.05, 0) is 12.8 Å². The van der Waals surface area contributed by atoms with Gasteiger partial charge in [0.1, 0.15) is 0 Å². The normalized spacial score (nSPS) is 14.6. The number of carbonyl (C=O) groups is 3. The Balaban J connectivity index is 0.000000302. The molecule has 0 bridgehead atoms. The van der Waals surface area contributed by atoms with E-state index >= 15 is 0 Å². The average molecular weight is 266 g/mol. The van der Waals surface area contributed by atoms with Crippen molar-refractivity contribution < 1.29 is 24.7 Å². The number of nitrogens with zero attached hydrogens (tertiary/aromatic N) is 1. The summed E-state index contributed by atoms with van der Waals surface area (Å²) in [5, 5.41) is 16.7. The summed E-state index contributed by atoms with van der Waals surface area (Å²) in [5.74, 6) is -1.09. The number of unbranched alkanes of at least 4 members (excludes halogenated alkanes) is 2. The van der Waals surface area contributed by atoms with Gasteiger partial charge in [-0.3, -0.25) is 19.6 Å². The van der Waals surface area contributed by atoms with E-state index in [2.05, 4.69) is 0 Å². The monoisotopic (exact) mass is 265 g/mol. The lowest BCUT2D eigenvalue weighted by atomic mass is 10.2. The number of alkyl halides is 1. The third-order valence-electron chi connectivity index (χ3n) is 2.05. The molecule has 7 heteroatoms. The Hall–Kier alpha value is -1.14. The predicted molar refractivity (Wildman–Crippen MR) is 59.7 cm³/mol. The largest absolute Gasteiger partial charge is 0.481 e. The zero-order valence-electron chi connectivity index (χ0n) is 9.39.